The van der Waals surface area contributed by atoms with E-state index in [1.165, 1.54) is 0 Å². The first-order chi connectivity index (χ1) is 13.8. The van der Waals surface area contributed by atoms with E-state index in [2.05, 4.69) is 18.9 Å². The highest BCUT2D eigenvalue weighted by Crippen LogP contribution is 2.46. The quantitative estimate of drug-likeness (QED) is 0.806. The Hall–Kier alpha value is -2.19. The van der Waals surface area contributed by atoms with Crippen LogP contribution in [0, 0.1) is 0 Å². The van der Waals surface area contributed by atoms with Gasteiger partial charge < -0.3 is 14.2 Å². The molecule has 2 aromatic rings. The standard InChI is InChI=1S/C21H27N3O4S/c1-12-22-19-17(18(29-12)13-6-7-15(26-4)16(10-13)27-5)20(25)23-24(19)14-8-9-28-21(2,3)11-14/h6-7,10,14,18H,8-9,11H2,1-5H3,(H,23,25)/t14-,18+/m1/s1. The van der Waals surface area contributed by atoms with Crippen LogP contribution in [-0.4, -0.2) is 41.3 Å². The molecular weight excluding hydrogens is 390 g/mol. The van der Waals surface area contributed by atoms with E-state index in [0.717, 1.165) is 29.3 Å². The number of aromatic nitrogens is 2. The topological polar surface area (TPSA) is 77.8 Å². The number of aromatic amines is 1. The Morgan fingerprint density at radius 3 is 2.72 bits per heavy atom. The monoisotopic (exact) mass is 417 g/mol. The number of H-pyrrole nitrogens is 1. The molecule has 8 heteroatoms. The van der Waals surface area contributed by atoms with Crippen molar-refractivity contribution in [2.24, 2.45) is 4.99 Å². The molecule has 156 valence electrons. The van der Waals surface area contributed by atoms with Gasteiger partial charge in [-0.15, -0.1) is 0 Å². The van der Waals surface area contributed by atoms with Crippen LogP contribution in [0.3, 0.4) is 0 Å². The highest BCUT2D eigenvalue weighted by atomic mass is 32.2. The van der Waals surface area contributed by atoms with Gasteiger partial charge in [0, 0.05) is 6.61 Å². The van der Waals surface area contributed by atoms with Crippen molar-refractivity contribution in [3.8, 4) is 11.5 Å². The maximum Gasteiger partial charge on any atom is 0.271 e. The second-order valence-electron chi connectivity index (χ2n) is 8.05. The molecule has 0 aliphatic carbocycles. The Labute approximate surface area is 174 Å². The van der Waals surface area contributed by atoms with Gasteiger partial charge in [-0.25, -0.2) is 4.99 Å². The summed E-state index contributed by atoms with van der Waals surface area (Å²) in [5, 5.41) is 3.84. The number of nitrogens with zero attached hydrogens (tertiary/aromatic N) is 2. The van der Waals surface area contributed by atoms with Gasteiger partial charge in [-0.1, -0.05) is 17.8 Å². The van der Waals surface area contributed by atoms with E-state index in [0.29, 0.717) is 23.7 Å². The first kappa shape index (κ1) is 20.1. The van der Waals surface area contributed by atoms with E-state index >= 15 is 0 Å². The van der Waals surface area contributed by atoms with Crippen molar-refractivity contribution in [1.29, 1.82) is 0 Å². The maximum atomic E-state index is 13.0. The Morgan fingerprint density at radius 2 is 2.03 bits per heavy atom. The van der Waals surface area contributed by atoms with Crippen LogP contribution in [0.25, 0.3) is 0 Å². The highest BCUT2D eigenvalue weighted by molar-refractivity contribution is 8.14. The molecule has 2 aliphatic rings. The number of benzene rings is 1. The Balaban J connectivity index is 1.78. The number of rotatable bonds is 4. The smallest absolute Gasteiger partial charge is 0.271 e. The van der Waals surface area contributed by atoms with Crippen molar-refractivity contribution >= 4 is 22.6 Å². The lowest BCUT2D eigenvalue weighted by Crippen LogP contribution is -2.35. The number of fused-ring (bicyclic) bond motifs is 1. The van der Waals surface area contributed by atoms with Gasteiger partial charge in [-0.05, 0) is 51.3 Å². The summed E-state index contributed by atoms with van der Waals surface area (Å²) in [5.41, 5.74) is 1.37. The first-order valence-corrected chi connectivity index (χ1v) is 10.6. The summed E-state index contributed by atoms with van der Waals surface area (Å²) in [5.74, 6) is 2.04. The van der Waals surface area contributed by atoms with E-state index in [9.17, 15) is 4.79 Å². The summed E-state index contributed by atoms with van der Waals surface area (Å²) in [6, 6.07) is 5.95. The zero-order valence-electron chi connectivity index (χ0n) is 17.4. The molecule has 1 fully saturated rings. The van der Waals surface area contributed by atoms with Gasteiger partial charge in [-0.3, -0.25) is 14.6 Å². The zero-order chi connectivity index (χ0) is 20.8. The van der Waals surface area contributed by atoms with Crippen molar-refractivity contribution in [1.82, 2.24) is 9.78 Å². The third-order valence-electron chi connectivity index (χ3n) is 5.50. The summed E-state index contributed by atoms with van der Waals surface area (Å²) in [4.78, 5) is 17.8. The molecule has 1 aromatic heterocycles. The zero-order valence-corrected chi connectivity index (χ0v) is 18.3. The molecule has 1 aromatic carbocycles. The van der Waals surface area contributed by atoms with Crippen LogP contribution < -0.4 is 15.0 Å². The first-order valence-electron chi connectivity index (χ1n) is 9.75. The number of thioether (sulfide) groups is 1. The lowest BCUT2D eigenvalue weighted by Gasteiger charge is -2.36. The van der Waals surface area contributed by atoms with Crippen molar-refractivity contribution in [2.45, 2.75) is 50.5 Å². The fourth-order valence-electron chi connectivity index (χ4n) is 4.14. The summed E-state index contributed by atoms with van der Waals surface area (Å²) in [6.45, 7) is 6.83. The Bertz CT molecular complexity index is 1010. The van der Waals surface area contributed by atoms with Crippen molar-refractivity contribution in [3.05, 3.63) is 39.7 Å². The van der Waals surface area contributed by atoms with Gasteiger partial charge >= 0.3 is 0 Å². The van der Waals surface area contributed by atoms with Crippen LogP contribution in [0.5, 0.6) is 11.5 Å². The van der Waals surface area contributed by atoms with Gasteiger partial charge in [-0.2, -0.15) is 0 Å². The second-order valence-corrected chi connectivity index (χ2v) is 9.34. The number of methoxy groups -OCH3 is 2. The largest absolute Gasteiger partial charge is 0.493 e. The van der Waals surface area contributed by atoms with Crippen molar-refractivity contribution in [2.75, 3.05) is 20.8 Å². The average Bonchev–Trinajstić information content (AvgIpc) is 3.02. The second kappa shape index (κ2) is 7.57. The number of nitrogens with one attached hydrogen (secondary N) is 1. The molecule has 0 bridgehead atoms. The third-order valence-corrected chi connectivity index (χ3v) is 6.67. The molecule has 29 heavy (non-hydrogen) atoms. The molecule has 1 saturated heterocycles. The predicted octanol–water partition coefficient (Wildman–Crippen LogP) is 4.21. The van der Waals surface area contributed by atoms with E-state index in [4.69, 9.17) is 19.2 Å². The number of aliphatic imine (C=N–C) groups is 1. The fraction of sp³-hybridized carbons (Fsp3) is 0.524. The van der Waals surface area contributed by atoms with E-state index in [1.807, 2.05) is 29.8 Å². The summed E-state index contributed by atoms with van der Waals surface area (Å²) in [7, 11) is 3.23. The molecule has 0 saturated carbocycles. The van der Waals surface area contributed by atoms with Gasteiger partial charge in [0.25, 0.3) is 5.56 Å². The van der Waals surface area contributed by atoms with Gasteiger partial charge in [0.05, 0.1) is 41.7 Å². The molecule has 4 rings (SSSR count). The number of hydrogen-bond acceptors (Lipinski definition) is 6. The Kier molecular flexibility index (Phi) is 5.25. The van der Waals surface area contributed by atoms with Crippen LogP contribution in [0.1, 0.15) is 56.0 Å². The third kappa shape index (κ3) is 3.71. The van der Waals surface area contributed by atoms with E-state index < -0.39 is 0 Å². The minimum Gasteiger partial charge on any atom is -0.493 e. The molecule has 1 N–H and O–H groups in total. The van der Waals surface area contributed by atoms with Crippen molar-refractivity contribution < 1.29 is 14.2 Å². The van der Waals surface area contributed by atoms with Crippen LogP contribution in [0.15, 0.2) is 28.0 Å². The molecule has 0 amide bonds. The van der Waals surface area contributed by atoms with Crippen LogP contribution in [0.4, 0.5) is 5.82 Å². The highest BCUT2D eigenvalue weighted by Gasteiger charge is 2.36. The van der Waals surface area contributed by atoms with Gasteiger partial charge in [0.1, 0.15) is 0 Å². The molecule has 2 aliphatic heterocycles. The van der Waals surface area contributed by atoms with Gasteiger partial charge in [0.15, 0.2) is 17.3 Å². The minimum absolute atomic E-state index is 0.0900. The van der Waals surface area contributed by atoms with Gasteiger partial charge in [0.2, 0.25) is 0 Å². The molecule has 0 spiro atoms. The van der Waals surface area contributed by atoms with Crippen molar-refractivity contribution in [3.63, 3.8) is 0 Å². The lowest BCUT2D eigenvalue weighted by molar-refractivity contribution is -0.0705. The molecule has 7 nitrogen and oxygen atoms in total. The average molecular weight is 418 g/mol. The molecular formula is C21H27N3O4S. The molecule has 0 unspecified atom stereocenters. The predicted molar refractivity (Wildman–Crippen MR) is 115 cm³/mol. The Morgan fingerprint density at radius 1 is 1.28 bits per heavy atom. The van der Waals surface area contributed by atoms with E-state index in [-0.39, 0.29) is 22.5 Å². The summed E-state index contributed by atoms with van der Waals surface area (Å²) >= 11 is 1.58. The summed E-state index contributed by atoms with van der Waals surface area (Å²) < 4.78 is 18.6. The fourth-order valence-corrected chi connectivity index (χ4v) is 5.24. The normalized spacial score (nSPS) is 23.3. The summed E-state index contributed by atoms with van der Waals surface area (Å²) in [6.07, 6.45) is 1.68. The number of hydrogen-bond donors (Lipinski definition) is 1. The van der Waals surface area contributed by atoms with E-state index in [1.54, 1.807) is 26.0 Å². The molecule has 3 heterocycles. The minimum atomic E-state index is -0.220. The van der Waals surface area contributed by atoms with Crippen LogP contribution in [-0.2, 0) is 4.74 Å². The molecule has 2 atom stereocenters. The lowest BCUT2D eigenvalue weighted by atomic mass is 9.94. The van der Waals surface area contributed by atoms with Crippen LogP contribution in [0.2, 0.25) is 0 Å². The maximum absolute atomic E-state index is 13.0. The van der Waals surface area contributed by atoms with Crippen LogP contribution >= 0.6 is 11.8 Å². The number of ether oxygens (including phenoxy) is 3. The SMILES string of the molecule is COc1ccc([C@@H]2SC(C)=Nc3c2c(=O)[nH]n3[C@@H]2CCOC(C)(C)C2)cc1OC. The molecule has 0 radical (unpaired) electrons.